The van der Waals surface area contributed by atoms with Crippen molar-refractivity contribution >= 4 is 21.6 Å². The van der Waals surface area contributed by atoms with Crippen LogP contribution in [0.2, 0.25) is 0 Å². The van der Waals surface area contributed by atoms with Gasteiger partial charge in [-0.3, -0.25) is 4.79 Å². The summed E-state index contributed by atoms with van der Waals surface area (Å²) in [5.74, 6) is 0.396. The first-order valence-corrected chi connectivity index (χ1v) is 11.1. The highest BCUT2D eigenvalue weighted by molar-refractivity contribution is 7.88. The first-order chi connectivity index (χ1) is 13.9. The van der Waals surface area contributed by atoms with Crippen LogP contribution in [0.5, 0.6) is 11.5 Å². The maximum absolute atomic E-state index is 12.8. The Morgan fingerprint density at radius 2 is 1.90 bits per heavy atom. The molecule has 1 saturated heterocycles. The Morgan fingerprint density at radius 1 is 1.14 bits per heavy atom. The number of nitrogens with zero attached hydrogens (tertiary/aromatic N) is 1. The highest BCUT2D eigenvalue weighted by Crippen LogP contribution is 2.30. The number of anilines is 1. The molecule has 1 aliphatic rings. The molecule has 1 heterocycles. The van der Waals surface area contributed by atoms with Gasteiger partial charge in [0.15, 0.2) is 0 Å². The van der Waals surface area contributed by atoms with E-state index >= 15 is 0 Å². The Balaban J connectivity index is 1.69. The summed E-state index contributed by atoms with van der Waals surface area (Å²) in [6, 6.07) is 14.2. The minimum Gasteiger partial charge on any atom is -0.497 e. The van der Waals surface area contributed by atoms with E-state index in [-0.39, 0.29) is 18.2 Å². The Morgan fingerprint density at radius 3 is 2.59 bits per heavy atom. The van der Waals surface area contributed by atoms with E-state index in [4.69, 9.17) is 9.47 Å². The fourth-order valence-electron chi connectivity index (χ4n) is 3.43. The number of methoxy groups -OCH3 is 2. The molecule has 8 heteroatoms. The van der Waals surface area contributed by atoms with E-state index in [1.54, 1.807) is 37.4 Å². The van der Waals surface area contributed by atoms with Crippen LogP contribution in [-0.2, 0) is 20.6 Å². The molecule has 1 unspecified atom stereocenters. The molecule has 0 aromatic heterocycles. The number of hydrogen-bond donors (Lipinski definition) is 1. The fourth-order valence-corrected chi connectivity index (χ4v) is 5.04. The molecular formula is C21H26N2O5S. The highest BCUT2D eigenvalue weighted by atomic mass is 32.2. The molecule has 1 N–H and O–H groups in total. The number of carbonyl (C=O) groups is 1. The first-order valence-electron chi connectivity index (χ1n) is 9.47. The Hall–Kier alpha value is -2.58. The van der Waals surface area contributed by atoms with Crippen LogP contribution in [-0.4, -0.2) is 45.9 Å². The lowest BCUT2D eigenvalue weighted by Gasteiger charge is -2.31. The number of benzene rings is 2. The number of rotatable bonds is 7. The lowest BCUT2D eigenvalue weighted by Crippen LogP contribution is -2.44. The van der Waals surface area contributed by atoms with Gasteiger partial charge >= 0.3 is 0 Å². The van der Waals surface area contributed by atoms with Crippen LogP contribution in [0.15, 0.2) is 48.5 Å². The monoisotopic (exact) mass is 418 g/mol. The Bertz CT molecular complexity index is 947. The summed E-state index contributed by atoms with van der Waals surface area (Å²) in [6.45, 7) is 0.606. The zero-order chi connectivity index (χ0) is 20.9. The summed E-state index contributed by atoms with van der Waals surface area (Å²) in [6.07, 6.45) is 1.27. The molecular weight excluding hydrogens is 392 g/mol. The number of hydrogen-bond acceptors (Lipinski definition) is 5. The summed E-state index contributed by atoms with van der Waals surface area (Å²) < 4.78 is 37.6. The second kappa shape index (κ2) is 9.28. The van der Waals surface area contributed by atoms with Crippen LogP contribution < -0.4 is 14.8 Å². The molecule has 2 aromatic carbocycles. The molecule has 1 fully saturated rings. The number of amides is 1. The van der Waals surface area contributed by atoms with Gasteiger partial charge in [-0.05, 0) is 30.5 Å². The van der Waals surface area contributed by atoms with E-state index in [0.29, 0.717) is 36.6 Å². The topological polar surface area (TPSA) is 84.9 Å². The largest absolute Gasteiger partial charge is 0.497 e. The van der Waals surface area contributed by atoms with Crippen LogP contribution in [0.3, 0.4) is 0 Å². The molecule has 29 heavy (non-hydrogen) atoms. The highest BCUT2D eigenvalue weighted by Gasteiger charge is 2.32. The van der Waals surface area contributed by atoms with Gasteiger partial charge in [0.05, 0.1) is 31.6 Å². The van der Waals surface area contributed by atoms with Gasteiger partial charge in [-0.2, -0.15) is 0 Å². The predicted molar refractivity (Wildman–Crippen MR) is 112 cm³/mol. The van der Waals surface area contributed by atoms with Gasteiger partial charge < -0.3 is 14.8 Å². The summed E-state index contributed by atoms with van der Waals surface area (Å²) in [7, 11) is -0.421. The zero-order valence-electron chi connectivity index (χ0n) is 16.6. The smallest absolute Gasteiger partial charge is 0.228 e. The van der Waals surface area contributed by atoms with E-state index < -0.39 is 15.9 Å². The average molecular weight is 419 g/mol. The van der Waals surface area contributed by atoms with E-state index in [1.165, 1.54) is 11.4 Å². The van der Waals surface area contributed by atoms with Crippen LogP contribution in [0.1, 0.15) is 18.4 Å². The quantitative estimate of drug-likeness (QED) is 0.747. The van der Waals surface area contributed by atoms with Crippen molar-refractivity contribution < 1.29 is 22.7 Å². The molecule has 0 radical (unpaired) electrons. The number of sulfonamides is 1. The summed E-state index contributed by atoms with van der Waals surface area (Å²) in [5, 5.41) is 2.86. The van der Waals surface area contributed by atoms with Crippen molar-refractivity contribution in [1.82, 2.24) is 4.31 Å². The molecule has 0 spiro atoms. The molecule has 156 valence electrons. The molecule has 1 amide bonds. The number of nitrogens with one attached hydrogen (secondary N) is 1. The lowest BCUT2D eigenvalue weighted by molar-refractivity contribution is -0.120. The third-order valence-electron chi connectivity index (χ3n) is 5.00. The van der Waals surface area contributed by atoms with Gasteiger partial charge in [-0.25, -0.2) is 12.7 Å². The minimum atomic E-state index is -3.49. The van der Waals surface area contributed by atoms with Crippen molar-refractivity contribution in [3.8, 4) is 11.5 Å². The van der Waals surface area contributed by atoms with Gasteiger partial charge in [-0.1, -0.05) is 30.3 Å². The van der Waals surface area contributed by atoms with Crippen molar-refractivity contribution in [1.29, 1.82) is 0 Å². The number of piperidine rings is 1. The third kappa shape index (κ3) is 5.27. The van der Waals surface area contributed by atoms with Crippen molar-refractivity contribution in [2.45, 2.75) is 18.6 Å². The van der Waals surface area contributed by atoms with Crippen LogP contribution in [0.4, 0.5) is 5.69 Å². The van der Waals surface area contributed by atoms with Crippen molar-refractivity contribution in [2.24, 2.45) is 5.92 Å². The maximum atomic E-state index is 12.8. The lowest BCUT2D eigenvalue weighted by atomic mass is 9.98. The molecule has 0 bridgehead atoms. The standard InChI is InChI=1S/C21H26N2O5S/c1-27-18-10-11-20(28-2)19(13-18)22-21(24)17-9-6-12-23(14-17)29(25,26)15-16-7-4-3-5-8-16/h3-5,7-8,10-11,13,17H,6,9,12,14-15H2,1-2H3,(H,22,24). The van der Waals surface area contributed by atoms with Crippen molar-refractivity contribution in [2.75, 3.05) is 32.6 Å². The first kappa shape index (κ1) is 21.1. The average Bonchev–Trinajstić information content (AvgIpc) is 2.74. The van der Waals surface area contributed by atoms with Crippen LogP contribution in [0, 0.1) is 5.92 Å². The third-order valence-corrected chi connectivity index (χ3v) is 6.82. The normalized spacial score (nSPS) is 17.5. The molecule has 0 aliphatic carbocycles. The van der Waals surface area contributed by atoms with Crippen LogP contribution in [0.25, 0.3) is 0 Å². The van der Waals surface area contributed by atoms with E-state index in [2.05, 4.69) is 5.32 Å². The van der Waals surface area contributed by atoms with Gasteiger partial charge in [0.1, 0.15) is 11.5 Å². The fraction of sp³-hybridized carbons (Fsp3) is 0.381. The maximum Gasteiger partial charge on any atom is 0.228 e. The van der Waals surface area contributed by atoms with E-state index in [9.17, 15) is 13.2 Å². The predicted octanol–water partition coefficient (Wildman–Crippen LogP) is 2.88. The molecule has 1 atom stereocenters. The molecule has 0 saturated carbocycles. The van der Waals surface area contributed by atoms with Gasteiger partial charge in [0.25, 0.3) is 0 Å². The Labute approximate surface area is 171 Å². The van der Waals surface area contributed by atoms with E-state index in [1.807, 2.05) is 18.2 Å². The molecule has 3 rings (SSSR count). The van der Waals surface area contributed by atoms with Gasteiger partial charge in [0.2, 0.25) is 15.9 Å². The second-order valence-corrected chi connectivity index (χ2v) is 8.96. The Kier molecular flexibility index (Phi) is 6.76. The molecule has 7 nitrogen and oxygen atoms in total. The molecule has 2 aromatic rings. The zero-order valence-corrected chi connectivity index (χ0v) is 17.4. The van der Waals surface area contributed by atoms with E-state index in [0.717, 1.165) is 5.56 Å². The van der Waals surface area contributed by atoms with Gasteiger partial charge in [-0.15, -0.1) is 0 Å². The van der Waals surface area contributed by atoms with Gasteiger partial charge in [0, 0.05) is 19.2 Å². The minimum absolute atomic E-state index is 0.0636. The molecule has 1 aliphatic heterocycles. The summed E-state index contributed by atoms with van der Waals surface area (Å²) in [5.41, 5.74) is 1.24. The summed E-state index contributed by atoms with van der Waals surface area (Å²) >= 11 is 0. The number of ether oxygens (including phenoxy) is 2. The second-order valence-electron chi connectivity index (χ2n) is 6.99. The van der Waals surface area contributed by atoms with Crippen molar-refractivity contribution in [3.63, 3.8) is 0 Å². The summed E-state index contributed by atoms with van der Waals surface area (Å²) in [4.78, 5) is 12.8. The number of carbonyl (C=O) groups excluding carboxylic acids is 1. The SMILES string of the molecule is COc1ccc(OC)c(NC(=O)C2CCCN(S(=O)(=O)Cc3ccccc3)C2)c1. The van der Waals surface area contributed by atoms with Crippen LogP contribution >= 0.6 is 0 Å². The van der Waals surface area contributed by atoms with Crippen molar-refractivity contribution in [3.05, 3.63) is 54.1 Å².